The Morgan fingerprint density at radius 2 is 1.72 bits per heavy atom. The maximum Gasteiger partial charge on any atom is 0.237 e. The molecule has 0 saturated carbocycles. The minimum Gasteiger partial charge on any atom is -0.350 e. The lowest BCUT2D eigenvalue weighted by Crippen LogP contribution is -2.51. The fraction of sp³-hybridized carbons (Fsp3) is 0.615. The molecule has 1 amide bonds. The molecule has 0 radical (unpaired) electrons. The molecule has 6 heteroatoms. The van der Waals surface area contributed by atoms with Crippen LogP contribution in [-0.2, 0) is 10.3 Å². The summed E-state index contributed by atoms with van der Waals surface area (Å²) in [7, 11) is 0. The molecule has 3 rings (SSSR count). The summed E-state index contributed by atoms with van der Waals surface area (Å²) in [6.07, 6.45) is 3.64. The molecular formula is C26H39ClN4O. The standard InChI is InChI=1S/C26H39ClN4O/c1-24(2,3)16-26(7,8)29-23(32)21-15-19(20-13-14-31(30-20)25(4,5)6)22(28-21)17-9-11-18(27)12-10-17/h9-14,19,21-22,28H,15-16H2,1-8H3,(H,29,32)/t19-,21+,22+/m1/s1. The summed E-state index contributed by atoms with van der Waals surface area (Å²) < 4.78 is 2.00. The Morgan fingerprint density at radius 1 is 1.09 bits per heavy atom. The molecule has 5 nitrogen and oxygen atoms in total. The number of hydrogen-bond donors (Lipinski definition) is 2. The monoisotopic (exact) mass is 458 g/mol. The van der Waals surface area contributed by atoms with Gasteiger partial charge in [-0.1, -0.05) is 44.5 Å². The molecule has 2 heterocycles. The first-order valence-corrected chi connectivity index (χ1v) is 11.9. The van der Waals surface area contributed by atoms with Gasteiger partial charge in [0.15, 0.2) is 0 Å². The number of hydrogen-bond acceptors (Lipinski definition) is 3. The van der Waals surface area contributed by atoms with Crippen molar-refractivity contribution in [1.29, 1.82) is 0 Å². The highest BCUT2D eigenvalue weighted by molar-refractivity contribution is 6.30. The average Bonchev–Trinajstić information content (AvgIpc) is 3.26. The van der Waals surface area contributed by atoms with E-state index in [0.29, 0.717) is 11.4 Å². The quantitative estimate of drug-likeness (QED) is 0.594. The second-order valence-corrected chi connectivity index (χ2v) is 12.5. The molecule has 2 aromatic rings. The summed E-state index contributed by atoms with van der Waals surface area (Å²) in [6.45, 7) is 17.2. The molecule has 1 aliphatic rings. The van der Waals surface area contributed by atoms with Gasteiger partial charge in [-0.15, -0.1) is 0 Å². The van der Waals surface area contributed by atoms with Crippen LogP contribution in [0.4, 0.5) is 0 Å². The maximum atomic E-state index is 13.3. The molecule has 2 N–H and O–H groups in total. The van der Waals surface area contributed by atoms with E-state index in [1.54, 1.807) is 0 Å². The summed E-state index contributed by atoms with van der Waals surface area (Å²) in [5.41, 5.74) is 1.89. The van der Waals surface area contributed by atoms with Gasteiger partial charge in [0.05, 0.1) is 17.3 Å². The molecule has 1 aromatic carbocycles. The minimum absolute atomic E-state index is 0.00272. The third-order valence-electron chi connectivity index (χ3n) is 5.93. The summed E-state index contributed by atoms with van der Waals surface area (Å²) in [6, 6.07) is 9.70. The molecular weight excluding hydrogens is 420 g/mol. The Labute approximate surface area is 198 Å². The van der Waals surface area contributed by atoms with E-state index in [4.69, 9.17) is 16.7 Å². The van der Waals surface area contributed by atoms with Gasteiger partial charge in [-0.05, 0) is 76.6 Å². The number of carbonyl (C=O) groups is 1. The van der Waals surface area contributed by atoms with Crippen molar-refractivity contribution in [2.45, 2.75) is 97.3 Å². The van der Waals surface area contributed by atoms with Crippen LogP contribution in [0.25, 0.3) is 0 Å². The SMILES string of the molecule is CC(C)(C)CC(C)(C)NC(=O)[C@@H]1C[C@H](c2ccn(C(C)(C)C)n2)[C@H](c2ccc(Cl)cc2)N1. The van der Waals surface area contributed by atoms with Crippen molar-refractivity contribution in [3.05, 3.63) is 52.8 Å². The zero-order chi connectivity index (χ0) is 23.9. The second-order valence-electron chi connectivity index (χ2n) is 12.1. The first-order valence-electron chi connectivity index (χ1n) is 11.5. The van der Waals surface area contributed by atoms with E-state index in [9.17, 15) is 4.79 Å². The van der Waals surface area contributed by atoms with Crippen LogP contribution in [0, 0.1) is 5.41 Å². The first kappa shape index (κ1) is 24.8. The normalized spacial score (nSPS) is 22.2. The van der Waals surface area contributed by atoms with Gasteiger partial charge in [-0.25, -0.2) is 0 Å². The Hall–Kier alpha value is -1.85. The summed E-state index contributed by atoms with van der Waals surface area (Å²) in [5.74, 6) is 0.150. The number of benzene rings is 1. The Bertz CT molecular complexity index is 934. The third-order valence-corrected chi connectivity index (χ3v) is 6.18. The van der Waals surface area contributed by atoms with E-state index in [1.807, 2.05) is 35.1 Å². The summed E-state index contributed by atoms with van der Waals surface area (Å²) >= 11 is 6.13. The number of nitrogens with zero attached hydrogens (tertiary/aromatic N) is 2. The Kier molecular flexibility index (Phi) is 6.84. The molecule has 3 atom stereocenters. The lowest BCUT2D eigenvalue weighted by atomic mass is 9.81. The Balaban J connectivity index is 1.85. The van der Waals surface area contributed by atoms with Gasteiger partial charge in [-0.3, -0.25) is 14.8 Å². The number of nitrogens with one attached hydrogen (secondary N) is 2. The van der Waals surface area contributed by atoms with E-state index in [0.717, 1.165) is 17.7 Å². The number of rotatable bonds is 5. The number of halogens is 1. The van der Waals surface area contributed by atoms with Gasteiger partial charge < -0.3 is 5.32 Å². The topological polar surface area (TPSA) is 59.0 Å². The van der Waals surface area contributed by atoms with Gasteiger partial charge >= 0.3 is 0 Å². The highest BCUT2D eigenvalue weighted by Crippen LogP contribution is 2.40. The molecule has 176 valence electrons. The molecule has 0 aliphatic carbocycles. The zero-order valence-electron chi connectivity index (χ0n) is 20.8. The van der Waals surface area contributed by atoms with Gasteiger partial charge in [-0.2, -0.15) is 5.10 Å². The summed E-state index contributed by atoms with van der Waals surface area (Å²) in [5, 5.41) is 12.5. The second kappa shape index (κ2) is 8.83. The molecule has 1 fully saturated rings. The summed E-state index contributed by atoms with van der Waals surface area (Å²) in [4.78, 5) is 13.3. The van der Waals surface area contributed by atoms with Crippen LogP contribution >= 0.6 is 11.6 Å². The van der Waals surface area contributed by atoms with Crippen molar-refractivity contribution in [2.24, 2.45) is 5.41 Å². The van der Waals surface area contributed by atoms with Crippen LogP contribution in [0.15, 0.2) is 36.5 Å². The highest BCUT2D eigenvalue weighted by Gasteiger charge is 2.41. The lowest BCUT2D eigenvalue weighted by Gasteiger charge is -2.34. The Morgan fingerprint density at radius 3 is 2.25 bits per heavy atom. The van der Waals surface area contributed by atoms with E-state index >= 15 is 0 Å². The lowest BCUT2D eigenvalue weighted by molar-refractivity contribution is -0.124. The van der Waals surface area contributed by atoms with Gasteiger partial charge in [0.25, 0.3) is 0 Å². The maximum absolute atomic E-state index is 13.3. The largest absolute Gasteiger partial charge is 0.350 e. The fourth-order valence-electron chi connectivity index (χ4n) is 4.96. The average molecular weight is 459 g/mol. The van der Waals surface area contributed by atoms with Crippen molar-refractivity contribution in [1.82, 2.24) is 20.4 Å². The van der Waals surface area contributed by atoms with Crippen molar-refractivity contribution in [3.63, 3.8) is 0 Å². The predicted octanol–water partition coefficient (Wildman–Crippen LogP) is 5.81. The minimum atomic E-state index is -0.279. The van der Waals surface area contributed by atoms with E-state index in [-0.39, 0.29) is 40.4 Å². The van der Waals surface area contributed by atoms with Crippen LogP contribution in [0.2, 0.25) is 5.02 Å². The van der Waals surface area contributed by atoms with Crippen molar-refractivity contribution in [2.75, 3.05) is 0 Å². The number of carbonyl (C=O) groups excluding carboxylic acids is 1. The van der Waals surface area contributed by atoms with Gasteiger partial charge in [0, 0.05) is 28.7 Å². The number of aromatic nitrogens is 2. The van der Waals surface area contributed by atoms with E-state index < -0.39 is 0 Å². The van der Waals surface area contributed by atoms with Crippen LogP contribution in [0.5, 0.6) is 0 Å². The molecule has 0 bridgehead atoms. The van der Waals surface area contributed by atoms with Crippen molar-refractivity contribution >= 4 is 17.5 Å². The van der Waals surface area contributed by atoms with E-state index in [1.165, 1.54) is 0 Å². The van der Waals surface area contributed by atoms with Crippen LogP contribution in [-0.4, -0.2) is 27.3 Å². The van der Waals surface area contributed by atoms with Crippen LogP contribution < -0.4 is 10.6 Å². The smallest absolute Gasteiger partial charge is 0.237 e. The predicted molar refractivity (Wildman–Crippen MR) is 132 cm³/mol. The highest BCUT2D eigenvalue weighted by atomic mass is 35.5. The molecule has 0 spiro atoms. The van der Waals surface area contributed by atoms with Crippen molar-refractivity contribution < 1.29 is 4.79 Å². The van der Waals surface area contributed by atoms with Crippen LogP contribution in [0.3, 0.4) is 0 Å². The van der Waals surface area contributed by atoms with Gasteiger partial charge in [0.1, 0.15) is 0 Å². The fourth-order valence-corrected chi connectivity index (χ4v) is 5.09. The molecule has 1 aliphatic heterocycles. The zero-order valence-corrected chi connectivity index (χ0v) is 21.5. The van der Waals surface area contributed by atoms with Crippen LogP contribution in [0.1, 0.15) is 91.4 Å². The number of amides is 1. The molecule has 1 aromatic heterocycles. The van der Waals surface area contributed by atoms with Crippen molar-refractivity contribution in [3.8, 4) is 0 Å². The molecule has 0 unspecified atom stereocenters. The third kappa shape index (κ3) is 6.14. The van der Waals surface area contributed by atoms with E-state index in [2.05, 4.69) is 72.1 Å². The van der Waals surface area contributed by atoms with Gasteiger partial charge in [0.2, 0.25) is 5.91 Å². The first-order chi connectivity index (χ1) is 14.6. The molecule has 32 heavy (non-hydrogen) atoms. The molecule has 1 saturated heterocycles.